The number of benzene rings is 3. The lowest BCUT2D eigenvalue weighted by molar-refractivity contribution is -0.114. The van der Waals surface area contributed by atoms with Crippen molar-refractivity contribution in [1.82, 2.24) is 4.98 Å². The van der Waals surface area contributed by atoms with E-state index in [0.29, 0.717) is 0 Å². The first-order valence-corrected chi connectivity index (χ1v) is 9.38. The zero-order valence-electron chi connectivity index (χ0n) is 16.0. The zero-order chi connectivity index (χ0) is 19.5. The van der Waals surface area contributed by atoms with Crippen LogP contribution in [-0.2, 0) is 11.3 Å². The van der Waals surface area contributed by atoms with Crippen molar-refractivity contribution in [2.75, 3.05) is 10.6 Å². The molecule has 4 heteroatoms. The van der Waals surface area contributed by atoms with Gasteiger partial charge in [-0.1, -0.05) is 36.4 Å². The normalized spacial score (nSPS) is 10.8. The van der Waals surface area contributed by atoms with Gasteiger partial charge < -0.3 is 15.6 Å². The summed E-state index contributed by atoms with van der Waals surface area (Å²) in [5.74, 6) is -0.0657. The molecule has 4 rings (SSSR count). The highest BCUT2D eigenvalue weighted by atomic mass is 16.1. The van der Waals surface area contributed by atoms with Gasteiger partial charge >= 0.3 is 0 Å². The molecule has 0 aliphatic heterocycles. The van der Waals surface area contributed by atoms with E-state index in [9.17, 15) is 4.79 Å². The van der Waals surface area contributed by atoms with Crippen molar-refractivity contribution in [2.24, 2.45) is 0 Å². The first kappa shape index (κ1) is 17.9. The number of carbonyl (C=O) groups is 1. The summed E-state index contributed by atoms with van der Waals surface area (Å²) in [4.78, 5) is 14.6. The Morgan fingerprint density at radius 3 is 2.43 bits per heavy atom. The van der Waals surface area contributed by atoms with Crippen molar-refractivity contribution in [1.29, 1.82) is 0 Å². The van der Waals surface area contributed by atoms with E-state index in [-0.39, 0.29) is 5.91 Å². The maximum atomic E-state index is 11.2. The van der Waals surface area contributed by atoms with Crippen LogP contribution in [-0.4, -0.2) is 10.9 Å². The van der Waals surface area contributed by atoms with Crippen LogP contribution in [0.15, 0.2) is 72.8 Å². The van der Waals surface area contributed by atoms with Crippen LogP contribution in [0.1, 0.15) is 18.1 Å². The minimum absolute atomic E-state index is 0.0657. The molecule has 0 saturated heterocycles. The monoisotopic (exact) mass is 369 g/mol. The van der Waals surface area contributed by atoms with Crippen molar-refractivity contribution >= 4 is 28.2 Å². The highest BCUT2D eigenvalue weighted by Gasteiger charge is 2.06. The van der Waals surface area contributed by atoms with Crippen LogP contribution in [0.25, 0.3) is 22.2 Å². The number of hydrogen-bond acceptors (Lipinski definition) is 2. The van der Waals surface area contributed by atoms with Gasteiger partial charge in [-0.2, -0.15) is 0 Å². The van der Waals surface area contributed by atoms with Gasteiger partial charge in [0.05, 0.1) is 0 Å². The molecule has 4 aromatic rings. The molecule has 1 heterocycles. The fraction of sp³-hybridized carbons (Fsp3) is 0.125. The summed E-state index contributed by atoms with van der Waals surface area (Å²) < 4.78 is 0. The van der Waals surface area contributed by atoms with Crippen LogP contribution in [0.5, 0.6) is 0 Å². The summed E-state index contributed by atoms with van der Waals surface area (Å²) in [7, 11) is 0. The third-order valence-corrected chi connectivity index (χ3v) is 4.88. The molecule has 28 heavy (non-hydrogen) atoms. The number of anilines is 2. The number of nitrogens with one attached hydrogen (secondary N) is 3. The van der Waals surface area contributed by atoms with Crippen molar-refractivity contribution in [2.45, 2.75) is 20.4 Å². The molecule has 4 nitrogen and oxygen atoms in total. The topological polar surface area (TPSA) is 56.9 Å². The van der Waals surface area contributed by atoms with Crippen molar-refractivity contribution in [3.63, 3.8) is 0 Å². The third kappa shape index (κ3) is 3.91. The van der Waals surface area contributed by atoms with Crippen LogP contribution in [0.4, 0.5) is 11.4 Å². The molecule has 1 aromatic heterocycles. The van der Waals surface area contributed by atoms with Crippen LogP contribution in [0, 0.1) is 6.92 Å². The second kappa shape index (κ2) is 7.61. The van der Waals surface area contributed by atoms with Crippen LogP contribution in [0.3, 0.4) is 0 Å². The number of aromatic nitrogens is 1. The van der Waals surface area contributed by atoms with Gasteiger partial charge in [0.2, 0.25) is 5.91 Å². The first-order chi connectivity index (χ1) is 13.6. The maximum Gasteiger partial charge on any atom is 0.221 e. The van der Waals surface area contributed by atoms with E-state index in [4.69, 9.17) is 0 Å². The quantitative estimate of drug-likeness (QED) is 0.422. The summed E-state index contributed by atoms with van der Waals surface area (Å²) in [6, 6.07) is 24.8. The van der Waals surface area contributed by atoms with Gasteiger partial charge in [-0.25, -0.2) is 0 Å². The van der Waals surface area contributed by atoms with Gasteiger partial charge in [-0.3, -0.25) is 4.79 Å². The molecule has 0 aliphatic carbocycles. The molecule has 3 aromatic carbocycles. The fourth-order valence-electron chi connectivity index (χ4n) is 3.34. The van der Waals surface area contributed by atoms with E-state index in [1.54, 1.807) is 0 Å². The van der Waals surface area contributed by atoms with E-state index in [0.717, 1.165) is 40.1 Å². The summed E-state index contributed by atoms with van der Waals surface area (Å²) in [6.45, 7) is 4.45. The minimum Gasteiger partial charge on any atom is -0.381 e. The average Bonchev–Trinajstić information content (AvgIpc) is 3.11. The highest BCUT2D eigenvalue weighted by molar-refractivity contribution is 5.90. The molecule has 0 atom stereocenters. The summed E-state index contributed by atoms with van der Waals surface area (Å²) in [5.41, 5.74) is 7.74. The largest absolute Gasteiger partial charge is 0.381 e. The molecule has 0 fully saturated rings. The number of aryl methyl sites for hydroxylation is 1. The van der Waals surface area contributed by atoms with Crippen LogP contribution >= 0.6 is 0 Å². The molecular formula is C24H23N3O. The van der Waals surface area contributed by atoms with Gasteiger partial charge in [0.1, 0.15) is 0 Å². The number of carbonyl (C=O) groups excluding carboxylic acids is 1. The van der Waals surface area contributed by atoms with Gasteiger partial charge in [-0.15, -0.1) is 0 Å². The SMILES string of the molecule is CC(=O)Nc1ccc(-c2cc3cc(NCc4ccccc4C)ccc3[nH]2)cc1. The zero-order valence-corrected chi connectivity index (χ0v) is 16.0. The number of hydrogen-bond donors (Lipinski definition) is 3. The smallest absolute Gasteiger partial charge is 0.221 e. The lowest BCUT2D eigenvalue weighted by atomic mass is 10.1. The number of fused-ring (bicyclic) bond motifs is 1. The number of H-pyrrole nitrogens is 1. The minimum atomic E-state index is -0.0657. The Balaban J connectivity index is 1.53. The molecule has 0 aliphatic rings. The van der Waals surface area contributed by atoms with Gasteiger partial charge in [0.15, 0.2) is 0 Å². The summed E-state index contributed by atoms with van der Waals surface area (Å²) >= 11 is 0. The predicted octanol–water partition coefficient (Wildman–Crippen LogP) is 5.71. The summed E-state index contributed by atoms with van der Waals surface area (Å²) in [5, 5.41) is 7.47. The van der Waals surface area contributed by atoms with Crippen molar-refractivity contribution in [3.05, 3.63) is 83.9 Å². The molecule has 0 radical (unpaired) electrons. The predicted molar refractivity (Wildman–Crippen MR) is 117 cm³/mol. The molecule has 0 unspecified atom stereocenters. The Labute approximate surface area is 164 Å². The second-order valence-corrected chi connectivity index (χ2v) is 7.02. The molecule has 0 bridgehead atoms. The Bertz CT molecular complexity index is 1130. The van der Waals surface area contributed by atoms with Crippen LogP contribution in [0.2, 0.25) is 0 Å². The Kier molecular flexibility index (Phi) is 4.85. The maximum absolute atomic E-state index is 11.2. The fourth-order valence-corrected chi connectivity index (χ4v) is 3.34. The van der Waals surface area contributed by atoms with Gasteiger partial charge in [-0.05, 0) is 60.0 Å². The first-order valence-electron chi connectivity index (χ1n) is 9.38. The summed E-state index contributed by atoms with van der Waals surface area (Å²) in [6.07, 6.45) is 0. The molecule has 0 spiro atoms. The standard InChI is InChI=1S/C24H23N3O/c1-16-5-3-4-6-19(16)15-25-22-11-12-23-20(13-22)14-24(27-23)18-7-9-21(10-8-18)26-17(2)28/h3-14,25,27H,15H2,1-2H3,(H,26,28). The molecule has 3 N–H and O–H groups in total. The lowest BCUT2D eigenvalue weighted by Gasteiger charge is -2.09. The van der Waals surface area contributed by atoms with Gasteiger partial charge in [0, 0.05) is 41.4 Å². The van der Waals surface area contributed by atoms with Crippen LogP contribution < -0.4 is 10.6 Å². The number of amides is 1. The molecule has 1 amide bonds. The van der Waals surface area contributed by atoms with E-state index in [1.807, 2.05) is 24.3 Å². The molecular weight excluding hydrogens is 346 g/mol. The Hall–Kier alpha value is -3.53. The van der Waals surface area contributed by atoms with E-state index < -0.39 is 0 Å². The molecule has 140 valence electrons. The number of rotatable bonds is 5. The molecule has 0 saturated carbocycles. The average molecular weight is 369 g/mol. The Morgan fingerprint density at radius 1 is 0.929 bits per heavy atom. The van der Waals surface area contributed by atoms with Crippen molar-refractivity contribution in [3.8, 4) is 11.3 Å². The van der Waals surface area contributed by atoms with Crippen molar-refractivity contribution < 1.29 is 4.79 Å². The van der Waals surface area contributed by atoms with Gasteiger partial charge in [0.25, 0.3) is 0 Å². The van der Waals surface area contributed by atoms with E-state index >= 15 is 0 Å². The van der Waals surface area contributed by atoms with E-state index in [2.05, 4.69) is 71.1 Å². The number of aromatic amines is 1. The third-order valence-electron chi connectivity index (χ3n) is 4.88. The lowest BCUT2D eigenvalue weighted by Crippen LogP contribution is -2.05. The second-order valence-electron chi connectivity index (χ2n) is 7.02. The Morgan fingerprint density at radius 2 is 1.68 bits per heavy atom. The highest BCUT2D eigenvalue weighted by Crippen LogP contribution is 2.27. The van der Waals surface area contributed by atoms with E-state index in [1.165, 1.54) is 18.1 Å².